The lowest BCUT2D eigenvalue weighted by Crippen LogP contribution is -2.29. The second kappa shape index (κ2) is 1.67. The number of nitrogens with one attached hydrogen (secondary N) is 1. The topological polar surface area (TPSA) is 38.0 Å². The highest BCUT2D eigenvalue weighted by atomic mass is 19.1. The monoisotopic (exact) mass is 118 g/mol. The van der Waals surface area contributed by atoms with Gasteiger partial charge in [0.1, 0.15) is 6.17 Å². The van der Waals surface area contributed by atoms with Gasteiger partial charge in [0.15, 0.2) is 0 Å². The van der Waals surface area contributed by atoms with E-state index in [9.17, 15) is 4.39 Å². The molecule has 2 nitrogen and oxygen atoms in total. The van der Waals surface area contributed by atoms with E-state index in [2.05, 4.69) is 5.43 Å². The molecule has 8 heavy (non-hydrogen) atoms. The highest BCUT2D eigenvalue weighted by molar-refractivity contribution is 5.00. The highest BCUT2D eigenvalue weighted by Gasteiger charge is 2.50. The van der Waals surface area contributed by atoms with Crippen LogP contribution in [0, 0.1) is 5.41 Å². The van der Waals surface area contributed by atoms with Gasteiger partial charge in [-0.1, -0.05) is 6.92 Å². The lowest BCUT2D eigenvalue weighted by Gasteiger charge is -2.03. The summed E-state index contributed by atoms with van der Waals surface area (Å²) in [6.07, 6.45) is 0.0375. The Balaban J connectivity index is 2.25. The number of hydrogen-bond acceptors (Lipinski definition) is 2. The van der Waals surface area contributed by atoms with Crippen molar-refractivity contribution in [2.45, 2.75) is 19.5 Å². The summed E-state index contributed by atoms with van der Waals surface area (Å²) in [6.45, 7) is 2.48. The second-order valence-electron chi connectivity index (χ2n) is 2.71. The summed E-state index contributed by atoms with van der Waals surface area (Å²) in [7, 11) is 0. The maximum Gasteiger partial charge on any atom is 0.107 e. The maximum atomic E-state index is 12.3. The summed E-state index contributed by atoms with van der Waals surface area (Å²) >= 11 is 0. The van der Waals surface area contributed by atoms with Crippen LogP contribution in [0.2, 0.25) is 0 Å². The molecule has 1 aliphatic carbocycles. The molecular weight excluding hydrogens is 107 g/mol. The number of alkyl halides is 1. The zero-order chi connectivity index (χ0) is 6.20. The molecule has 1 saturated carbocycles. The van der Waals surface area contributed by atoms with Crippen LogP contribution in [0.25, 0.3) is 0 Å². The molecule has 1 aliphatic rings. The van der Waals surface area contributed by atoms with E-state index >= 15 is 0 Å². The van der Waals surface area contributed by atoms with Gasteiger partial charge in [0.2, 0.25) is 0 Å². The van der Waals surface area contributed by atoms with E-state index in [1.807, 2.05) is 6.92 Å². The summed E-state index contributed by atoms with van der Waals surface area (Å²) in [4.78, 5) is 0. The van der Waals surface area contributed by atoms with Gasteiger partial charge in [0.25, 0.3) is 0 Å². The fraction of sp³-hybridized carbons (Fsp3) is 1.00. The van der Waals surface area contributed by atoms with Crippen LogP contribution in [0.15, 0.2) is 0 Å². The molecule has 0 amide bonds. The first kappa shape index (κ1) is 5.98. The molecule has 0 bridgehead atoms. The molecular formula is C5H11FN2. The summed E-state index contributed by atoms with van der Waals surface area (Å²) in [6, 6.07) is 0. The Kier molecular flexibility index (Phi) is 1.25. The van der Waals surface area contributed by atoms with Crippen LogP contribution < -0.4 is 11.3 Å². The zero-order valence-corrected chi connectivity index (χ0v) is 4.95. The number of rotatable bonds is 2. The van der Waals surface area contributed by atoms with Crippen LogP contribution in [0.4, 0.5) is 4.39 Å². The first-order chi connectivity index (χ1) is 3.69. The van der Waals surface area contributed by atoms with Crippen molar-refractivity contribution in [2.75, 3.05) is 6.54 Å². The molecule has 0 aliphatic heterocycles. The Hall–Kier alpha value is -0.150. The number of hydrazine groups is 1. The molecule has 0 saturated heterocycles. The van der Waals surface area contributed by atoms with Crippen molar-refractivity contribution in [1.82, 2.24) is 5.43 Å². The van der Waals surface area contributed by atoms with Crippen molar-refractivity contribution >= 4 is 0 Å². The molecule has 2 atom stereocenters. The van der Waals surface area contributed by atoms with Crippen molar-refractivity contribution in [3.63, 3.8) is 0 Å². The number of halogens is 1. The maximum absolute atomic E-state index is 12.3. The van der Waals surface area contributed by atoms with Gasteiger partial charge >= 0.3 is 0 Å². The van der Waals surface area contributed by atoms with Gasteiger partial charge in [-0.2, -0.15) is 0 Å². The van der Waals surface area contributed by atoms with Crippen LogP contribution in [0.3, 0.4) is 0 Å². The molecule has 48 valence electrons. The van der Waals surface area contributed by atoms with Gasteiger partial charge in [-0.15, -0.1) is 0 Å². The lowest BCUT2D eigenvalue weighted by molar-refractivity contribution is 0.365. The zero-order valence-electron chi connectivity index (χ0n) is 4.95. The third-order valence-corrected chi connectivity index (χ3v) is 1.75. The molecule has 0 aromatic heterocycles. The second-order valence-corrected chi connectivity index (χ2v) is 2.71. The van der Waals surface area contributed by atoms with E-state index in [0.29, 0.717) is 13.0 Å². The quantitative estimate of drug-likeness (QED) is 0.401. The third-order valence-electron chi connectivity index (χ3n) is 1.75. The molecule has 0 aromatic carbocycles. The van der Waals surface area contributed by atoms with E-state index in [1.54, 1.807) is 0 Å². The van der Waals surface area contributed by atoms with E-state index in [-0.39, 0.29) is 5.41 Å². The molecule has 0 heterocycles. The minimum Gasteiger partial charge on any atom is -0.271 e. The van der Waals surface area contributed by atoms with Crippen LogP contribution in [0.5, 0.6) is 0 Å². The van der Waals surface area contributed by atoms with E-state index in [4.69, 9.17) is 5.84 Å². The van der Waals surface area contributed by atoms with Gasteiger partial charge in [0.05, 0.1) is 0 Å². The van der Waals surface area contributed by atoms with Gasteiger partial charge in [-0.25, -0.2) is 4.39 Å². The predicted molar refractivity (Wildman–Crippen MR) is 29.8 cm³/mol. The molecule has 3 heteroatoms. The predicted octanol–water partition coefficient (Wildman–Crippen LogP) is 0.198. The summed E-state index contributed by atoms with van der Waals surface area (Å²) in [5.74, 6) is 5.00. The summed E-state index contributed by atoms with van der Waals surface area (Å²) < 4.78 is 12.3. The third kappa shape index (κ3) is 0.833. The Morgan fingerprint density at radius 3 is 2.62 bits per heavy atom. The van der Waals surface area contributed by atoms with Gasteiger partial charge in [-0.05, 0) is 6.42 Å². The summed E-state index contributed by atoms with van der Waals surface area (Å²) in [5.41, 5.74) is 2.32. The minimum absolute atomic E-state index is 0.144. The minimum atomic E-state index is -0.626. The van der Waals surface area contributed by atoms with Gasteiger partial charge in [-0.3, -0.25) is 11.3 Å². The van der Waals surface area contributed by atoms with Crippen molar-refractivity contribution in [3.8, 4) is 0 Å². The molecule has 2 unspecified atom stereocenters. The molecule has 3 N–H and O–H groups in total. The fourth-order valence-electron chi connectivity index (χ4n) is 0.767. The average Bonchev–Trinajstić information content (AvgIpc) is 2.16. The van der Waals surface area contributed by atoms with Crippen LogP contribution in [-0.4, -0.2) is 12.7 Å². The molecule has 0 spiro atoms. The Morgan fingerprint density at radius 1 is 2.00 bits per heavy atom. The normalized spacial score (nSPS) is 44.6. The van der Waals surface area contributed by atoms with Crippen LogP contribution in [0.1, 0.15) is 13.3 Å². The van der Waals surface area contributed by atoms with Crippen molar-refractivity contribution in [1.29, 1.82) is 0 Å². The smallest absolute Gasteiger partial charge is 0.107 e. The Labute approximate surface area is 48.2 Å². The van der Waals surface area contributed by atoms with E-state index in [0.717, 1.165) is 0 Å². The van der Waals surface area contributed by atoms with Gasteiger partial charge < -0.3 is 0 Å². The molecule has 0 aromatic rings. The molecule has 0 radical (unpaired) electrons. The molecule has 1 fully saturated rings. The van der Waals surface area contributed by atoms with Crippen LogP contribution >= 0.6 is 0 Å². The number of nitrogens with two attached hydrogens (primary N) is 1. The molecule has 1 rings (SSSR count). The van der Waals surface area contributed by atoms with Crippen LogP contribution in [-0.2, 0) is 0 Å². The lowest BCUT2D eigenvalue weighted by atomic mass is 10.1. The first-order valence-electron chi connectivity index (χ1n) is 2.76. The highest BCUT2D eigenvalue weighted by Crippen LogP contribution is 2.47. The van der Waals surface area contributed by atoms with Gasteiger partial charge in [0, 0.05) is 12.0 Å². The summed E-state index contributed by atoms with van der Waals surface area (Å²) in [5, 5.41) is 0. The van der Waals surface area contributed by atoms with Crippen molar-refractivity contribution < 1.29 is 4.39 Å². The first-order valence-corrected chi connectivity index (χ1v) is 2.76. The Bertz CT molecular complexity index is 96.4. The fourth-order valence-corrected chi connectivity index (χ4v) is 0.767. The largest absolute Gasteiger partial charge is 0.271 e. The van der Waals surface area contributed by atoms with Crippen molar-refractivity contribution in [2.24, 2.45) is 11.3 Å². The average molecular weight is 118 g/mol. The number of hydrogen-bond donors (Lipinski definition) is 2. The van der Waals surface area contributed by atoms with E-state index < -0.39 is 6.17 Å². The Morgan fingerprint density at radius 2 is 2.50 bits per heavy atom. The van der Waals surface area contributed by atoms with E-state index in [1.165, 1.54) is 0 Å². The standard InChI is InChI=1S/C5H11FN2/c1-5(3-8-7)2-4(5)6/h4,8H,2-3,7H2,1H3. The van der Waals surface area contributed by atoms with Crippen molar-refractivity contribution in [3.05, 3.63) is 0 Å². The SMILES string of the molecule is CC1(CNN)CC1F.